The van der Waals surface area contributed by atoms with E-state index in [4.69, 9.17) is 9.47 Å². The van der Waals surface area contributed by atoms with E-state index in [0.717, 1.165) is 17.7 Å². The van der Waals surface area contributed by atoms with Crippen LogP contribution in [0, 0.1) is 11.6 Å². The Morgan fingerprint density at radius 1 is 1.00 bits per heavy atom. The van der Waals surface area contributed by atoms with Crippen molar-refractivity contribution in [2.75, 3.05) is 13.7 Å². The van der Waals surface area contributed by atoms with Crippen molar-refractivity contribution in [2.24, 2.45) is 0 Å². The lowest BCUT2D eigenvalue weighted by Gasteiger charge is -2.15. The number of hydrogen-bond donors (Lipinski definition) is 0. The van der Waals surface area contributed by atoms with Crippen molar-refractivity contribution >= 4 is 16.7 Å². The van der Waals surface area contributed by atoms with Crippen molar-refractivity contribution in [3.05, 3.63) is 105 Å². The van der Waals surface area contributed by atoms with Crippen molar-refractivity contribution in [3.63, 3.8) is 0 Å². The lowest BCUT2D eigenvalue weighted by molar-refractivity contribution is 0.103. The summed E-state index contributed by atoms with van der Waals surface area (Å²) in [5, 5.41) is -0.202. The number of halogens is 2. The summed E-state index contributed by atoms with van der Waals surface area (Å²) in [5.41, 5.74) is 0.0263. The van der Waals surface area contributed by atoms with Gasteiger partial charge in [0.15, 0.2) is 11.6 Å². The molecule has 1 aromatic heterocycles. The molecule has 0 aliphatic heterocycles. The fourth-order valence-corrected chi connectivity index (χ4v) is 3.73. The lowest BCUT2D eigenvalue weighted by Crippen LogP contribution is -2.21. The molecule has 7 heteroatoms. The summed E-state index contributed by atoms with van der Waals surface area (Å²) >= 11 is 0. The molecule has 0 radical (unpaired) electrons. The second-order valence-corrected chi connectivity index (χ2v) is 7.42. The van der Waals surface area contributed by atoms with Crippen LogP contribution in [0.15, 0.2) is 71.7 Å². The van der Waals surface area contributed by atoms with E-state index in [1.165, 1.54) is 17.9 Å². The summed E-state index contributed by atoms with van der Waals surface area (Å²) in [6.45, 7) is 2.46. The first-order chi connectivity index (χ1) is 15.9. The number of methoxy groups -OCH3 is 1. The molecule has 4 aromatic rings. The molecule has 3 aromatic carbocycles. The molecule has 33 heavy (non-hydrogen) atoms. The van der Waals surface area contributed by atoms with Gasteiger partial charge < -0.3 is 14.0 Å². The van der Waals surface area contributed by atoms with E-state index in [2.05, 4.69) is 0 Å². The van der Waals surface area contributed by atoms with Gasteiger partial charge in [0, 0.05) is 24.4 Å². The van der Waals surface area contributed by atoms with Crippen molar-refractivity contribution in [3.8, 4) is 11.5 Å². The van der Waals surface area contributed by atoms with Gasteiger partial charge in [-0.15, -0.1) is 0 Å². The summed E-state index contributed by atoms with van der Waals surface area (Å²) < 4.78 is 40.9. The highest BCUT2D eigenvalue weighted by atomic mass is 19.1. The van der Waals surface area contributed by atoms with E-state index in [1.54, 1.807) is 42.5 Å². The molecule has 0 atom stereocenters. The second-order valence-electron chi connectivity index (χ2n) is 7.42. The molecule has 0 aliphatic carbocycles. The minimum atomic E-state index is -0.893. The van der Waals surface area contributed by atoms with Gasteiger partial charge >= 0.3 is 0 Å². The molecule has 1 heterocycles. The number of carbonyl (C=O) groups excluding carboxylic acids is 1. The Morgan fingerprint density at radius 2 is 1.76 bits per heavy atom. The maximum atomic E-state index is 14.8. The zero-order valence-electron chi connectivity index (χ0n) is 18.1. The average molecular weight is 449 g/mol. The highest BCUT2D eigenvalue weighted by Gasteiger charge is 2.20. The van der Waals surface area contributed by atoms with Crippen LogP contribution in [0.4, 0.5) is 8.78 Å². The molecule has 0 bridgehead atoms. The van der Waals surface area contributed by atoms with Crippen LogP contribution in [0.5, 0.6) is 11.5 Å². The first kappa shape index (κ1) is 22.2. The highest BCUT2D eigenvalue weighted by molar-refractivity contribution is 6.10. The first-order valence-electron chi connectivity index (χ1n) is 10.3. The van der Waals surface area contributed by atoms with Crippen LogP contribution in [-0.4, -0.2) is 24.1 Å². The van der Waals surface area contributed by atoms with E-state index in [-0.39, 0.29) is 28.6 Å². The third kappa shape index (κ3) is 4.48. The van der Waals surface area contributed by atoms with Crippen molar-refractivity contribution in [1.29, 1.82) is 0 Å². The molecule has 4 rings (SSSR count). The zero-order chi connectivity index (χ0) is 23.5. The second kappa shape index (κ2) is 9.24. The normalized spacial score (nSPS) is 10.9. The standard InChI is InChI=1S/C26H21F2NO4/c1-3-33-19-9-7-17(8-10-19)25(30)22-15-29(14-16-5-4-6-20(11-16)32-2)24-21(26(22)31)12-18(27)13-23(24)28/h4-13,15H,3,14H2,1-2H3. The van der Waals surface area contributed by atoms with Crippen LogP contribution in [0.3, 0.4) is 0 Å². The summed E-state index contributed by atoms with van der Waals surface area (Å²) in [5.74, 6) is -1.13. The fourth-order valence-electron chi connectivity index (χ4n) is 3.73. The van der Waals surface area contributed by atoms with Gasteiger partial charge in [-0.25, -0.2) is 8.78 Å². The topological polar surface area (TPSA) is 57.5 Å². The van der Waals surface area contributed by atoms with E-state index in [1.807, 2.05) is 13.0 Å². The molecular weight excluding hydrogens is 428 g/mol. The number of pyridine rings is 1. The van der Waals surface area contributed by atoms with Gasteiger partial charge in [-0.2, -0.15) is 0 Å². The van der Waals surface area contributed by atoms with Crippen molar-refractivity contribution in [1.82, 2.24) is 4.57 Å². The summed E-state index contributed by atoms with van der Waals surface area (Å²) in [6.07, 6.45) is 1.32. The van der Waals surface area contributed by atoms with Gasteiger partial charge in [0.1, 0.15) is 17.3 Å². The maximum absolute atomic E-state index is 14.8. The fraction of sp³-hybridized carbons (Fsp3) is 0.154. The monoisotopic (exact) mass is 449 g/mol. The number of ether oxygens (including phenoxy) is 2. The van der Waals surface area contributed by atoms with Gasteiger partial charge in [-0.05, 0) is 55.0 Å². The third-order valence-corrected chi connectivity index (χ3v) is 5.25. The number of hydrogen-bond acceptors (Lipinski definition) is 4. The Balaban J connectivity index is 1.87. The van der Waals surface area contributed by atoms with Gasteiger partial charge in [-0.1, -0.05) is 12.1 Å². The van der Waals surface area contributed by atoms with Crippen LogP contribution >= 0.6 is 0 Å². The van der Waals surface area contributed by atoms with Crippen LogP contribution < -0.4 is 14.9 Å². The molecule has 0 saturated carbocycles. The van der Waals surface area contributed by atoms with E-state index < -0.39 is 22.8 Å². The van der Waals surface area contributed by atoms with E-state index in [9.17, 15) is 18.4 Å². The summed E-state index contributed by atoms with van der Waals surface area (Å²) in [7, 11) is 1.53. The van der Waals surface area contributed by atoms with Gasteiger partial charge in [0.2, 0.25) is 5.43 Å². The molecule has 168 valence electrons. The number of ketones is 1. The number of rotatable bonds is 7. The lowest BCUT2D eigenvalue weighted by atomic mass is 10.0. The predicted octanol–water partition coefficient (Wildman–Crippen LogP) is 4.97. The molecule has 0 unspecified atom stereocenters. The molecule has 0 fully saturated rings. The maximum Gasteiger partial charge on any atom is 0.200 e. The minimum Gasteiger partial charge on any atom is -0.497 e. The summed E-state index contributed by atoms with van der Waals surface area (Å²) in [4.78, 5) is 26.3. The van der Waals surface area contributed by atoms with Gasteiger partial charge in [0.05, 0.1) is 30.2 Å². The predicted molar refractivity (Wildman–Crippen MR) is 121 cm³/mol. The van der Waals surface area contributed by atoms with Crippen LogP contribution in [0.2, 0.25) is 0 Å². The van der Waals surface area contributed by atoms with Gasteiger partial charge in [0.25, 0.3) is 0 Å². The SMILES string of the molecule is CCOc1ccc(C(=O)c2cn(Cc3cccc(OC)c3)c3c(F)cc(F)cc3c2=O)cc1. The number of aromatic nitrogens is 1. The number of carbonyl (C=O) groups is 1. The molecule has 5 nitrogen and oxygen atoms in total. The molecule has 0 aliphatic rings. The Kier molecular flexibility index (Phi) is 6.22. The third-order valence-electron chi connectivity index (χ3n) is 5.25. The van der Waals surface area contributed by atoms with Crippen molar-refractivity contribution < 1.29 is 23.0 Å². The minimum absolute atomic E-state index is 0.0764. The van der Waals surface area contributed by atoms with Gasteiger partial charge in [-0.3, -0.25) is 9.59 Å². The first-order valence-corrected chi connectivity index (χ1v) is 10.3. The average Bonchev–Trinajstić information content (AvgIpc) is 2.81. The molecular formula is C26H21F2NO4. The largest absolute Gasteiger partial charge is 0.497 e. The van der Waals surface area contributed by atoms with Crippen LogP contribution in [0.1, 0.15) is 28.4 Å². The molecule has 0 amide bonds. The Hall–Kier alpha value is -4.00. The Labute approximate surface area is 188 Å². The highest BCUT2D eigenvalue weighted by Crippen LogP contribution is 2.22. The number of fused-ring (bicyclic) bond motifs is 1. The van der Waals surface area contributed by atoms with E-state index >= 15 is 0 Å². The summed E-state index contributed by atoms with van der Waals surface area (Å²) in [6, 6.07) is 15.2. The number of nitrogens with zero attached hydrogens (tertiary/aromatic N) is 1. The Bertz CT molecular complexity index is 1390. The van der Waals surface area contributed by atoms with Crippen LogP contribution in [0.25, 0.3) is 10.9 Å². The van der Waals surface area contributed by atoms with Crippen LogP contribution in [-0.2, 0) is 6.54 Å². The molecule has 0 saturated heterocycles. The zero-order valence-corrected chi connectivity index (χ0v) is 18.1. The molecule has 0 N–H and O–H groups in total. The molecule has 0 spiro atoms. The quantitative estimate of drug-likeness (QED) is 0.374. The number of benzene rings is 3. The Morgan fingerprint density at radius 3 is 2.45 bits per heavy atom. The van der Waals surface area contributed by atoms with E-state index in [0.29, 0.717) is 18.1 Å². The van der Waals surface area contributed by atoms with Crippen molar-refractivity contribution in [2.45, 2.75) is 13.5 Å². The smallest absolute Gasteiger partial charge is 0.200 e.